The van der Waals surface area contributed by atoms with Gasteiger partial charge in [0.25, 0.3) is 5.91 Å². The first-order valence-electron chi connectivity index (χ1n) is 6.65. The Morgan fingerprint density at radius 1 is 1.09 bits per heavy atom. The first-order chi connectivity index (χ1) is 10.9. The second-order valence-electron chi connectivity index (χ2n) is 4.83. The number of carboxylic acid groups (broad SMARTS) is 1. The predicted molar refractivity (Wildman–Crippen MR) is 92.1 cm³/mol. The zero-order chi connectivity index (χ0) is 17.0. The number of nitrogens with one attached hydrogen (secondary N) is 1. The summed E-state index contributed by atoms with van der Waals surface area (Å²) in [5.74, 6) is -1.57. The third-order valence-corrected chi connectivity index (χ3v) is 3.52. The lowest BCUT2D eigenvalue weighted by Crippen LogP contribution is -2.15. The fraction of sp³-hybridized carbons (Fsp3) is 0.0588. The van der Waals surface area contributed by atoms with Crippen LogP contribution in [0.1, 0.15) is 22.8 Å². The van der Waals surface area contributed by atoms with E-state index in [0.29, 0.717) is 15.6 Å². The highest BCUT2D eigenvalue weighted by Gasteiger charge is 2.14. The van der Waals surface area contributed by atoms with Crippen molar-refractivity contribution in [3.8, 4) is 0 Å². The summed E-state index contributed by atoms with van der Waals surface area (Å²) in [6, 6.07) is 11.2. The van der Waals surface area contributed by atoms with Crippen LogP contribution in [0, 0.1) is 0 Å². The number of aromatic carboxylic acids is 1. The molecule has 2 N–H and O–H groups in total. The van der Waals surface area contributed by atoms with E-state index in [-0.39, 0.29) is 11.3 Å². The minimum absolute atomic E-state index is 0.0293. The predicted octanol–water partition coefficient (Wildman–Crippen LogP) is 4.73. The van der Waals surface area contributed by atoms with Crippen LogP contribution in [0.25, 0.3) is 6.08 Å². The molecule has 0 fully saturated rings. The van der Waals surface area contributed by atoms with Gasteiger partial charge in [0.05, 0.1) is 11.3 Å². The quantitative estimate of drug-likeness (QED) is 0.783. The maximum atomic E-state index is 12.2. The minimum Gasteiger partial charge on any atom is -0.478 e. The standard InChI is InChI=1S/C17H13Cl2NO3/c1-10(7-11-3-2-4-12(18)8-11)16(21)20-15-9-13(19)5-6-14(15)17(22)23/h2-9H,1H3,(H,20,21)(H,22,23)/b10-7+. The summed E-state index contributed by atoms with van der Waals surface area (Å²) in [6.07, 6.45) is 1.66. The van der Waals surface area contributed by atoms with Crippen molar-refractivity contribution >= 4 is 46.8 Å². The average Bonchev–Trinajstić information content (AvgIpc) is 2.46. The number of anilines is 1. The molecule has 0 aromatic heterocycles. The van der Waals surface area contributed by atoms with Gasteiger partial charge in [-0.05, 0) is 48.9 Å². The Kier molecular flexibility index (Phi) is 5.42. The number of hydrogen-bond donors (Lipinski definition) is 2. The highest BCUT2D eigenvalue weighted by Crippen LogP contribution is 2.22. The van der Waals surface area contributed by atoms with Gasteiger partial charge in [0, 0.05) is 15.6 Å². The van der Waals surface area contributed by atoms with E-state index in [4.69, 9.17) is 28.3 Å². The molecule has 0 heterocycles. The molecule has 0 saturated carbocycles. The van der Waals surface area contributed by atoms with E-state index in [1.54, 1.807) is 31.2 Å². The zero-order valence-corrected chi connectivity index (χ0v) is 13.7. The molecule has 0 atom stereocenters. The van der Waals surface area contributed by atoms with Gasteiger partial charge in [-0.15, -0.1) is 0 Å². The van der Waals surface area contributed by atoms with E-state index in [0.717, 1.165) is 5.56 Å². The van der Waals surface area contributed by atoms with Crippen molar-refractivity contribution in [1.82, 2.24) is 0 Å². The van der Waals surface area contributed by atoms with Crippen molar-refractivity contribution in [2.24, 2.45) is 0 Å². The van der Waals surface area contributed by atoms with Gasteiger partial charge in [-0.1, -0.05) is 35.3 Å². The molecule has 0 unspecified atom stereocenters. The third-order valence-electron chi connectivity index (χ3n) is 3.05. The molecule has 6 heteroatoms. The van der Waals surface area contributed by atoms with Gasteiger partial charge in [0.1, 0.15) is 0 Å². The topological polar surface area (TPSA) is 66.4 Å². The van der Waals surface area contributed by atoms with E-state index < -0.39 is 11.9 Å². The van der Waals surface area contributed by atoms with E-state index >= 15 is 0 Å². The van der Waals surface area contributed by atoms with E-state index in [2.05, 4.69) is 5.32 Å². The summed E-state index contributed by atoms with van der Waals surface area (Å²) in [6.45, 7) is 1.63. The number of hydrogen-bond acceptors (Lipinski definition) is 2. The van der Waals surface area contributed by atoms with E-state index in [9.17, 15) is 9.59 Å². The highest BCUT2D eigenvalue weighted by molar-refractivity contribution is 6.31. The van der Waals surface area contributed by atoms with Crippen LogP contribution in [0.15, 0.2) is 48.0 Å². The second kappa shape index (κ2) is 7.31. The molecule has 2 rings (SSSR count). The molecule has 0 aliphatic carbocycles. The molecule has 118 valence electrons. The number of benzene rings is 2. The van der Waals surface area contributed by atoms with Crippen LogP contribution < -0.4 is 5.32 Å². The van der Waals surface area contributed by atoms with Crippen LogP contribution in [-0.4, -0.2) is 17.0 Å². The first-order valence-corrected chi connectivity index (χ1v) is 7.40. The van der Waals surface area contributed by atoms with Crippen molar-refractivity contribution in [3.63, 3.8) is 0 Å². The minimum atomic E-state index is -1.14. The van der Waals surface area contributed by atoms with Gasteiger partial charge in [0.15, 0.2) is 0 Å². The van der Waals surface area contributed by atoms with Crippen molar-refractivity contribution in [3.05, 3.63) is 69.2 Å². The van der Waals surface area contributed by atoms with Crippen molar-refractivity contribution < 1.29 is 14.7 Å². The SMILES string of the molecule is C/C(=C\c1cccc(Cl)c1)C(=O)Nc1cc(Cl)ccc1C(=O)O. The molecule has 23 heavy (non-hydrogen) atoms. The van der Waals surface area contributed by atoms with Gasteiger partial charge in [-0.3, -0.25) is 4.79 Å². The number of carboxylic acids is 1. The highest BCUT2D eigenvalue weighted by atomic mass is 35.5. The van der Waals surface area contributed by atoms with Gasteiger partial charge in [-0.2, -0.15) is 0 Å². The smallest absolute Gasteiger partial charge is 0.337 e. The Labute approximate surface area is 143 Å². The second-order valence-corrected chi connectivity index (χ2v) is 5.70. The van der Waals surface area contributed by atoms with Crippen LogP contribution in [0.4, 0.5) is 5.69 Å². The largest absolute Gasteiger partial charge is 0.478 e. The average molecular weight is 350 g/mol. The summed E-state index contributed by atoms with van der Waals surface area (Å²) in [5.41, 5.74) is 1.30. The number of carbonyl (C=O) groups is 2. The molecule has 0 aliphatic rings. The van der Waals surface area contributed by atoms with Crippen molar-refractivity contribution in [2.75, 3.05) is 5.32 Å². The normalized spacial score (nSPS) is 11.2. The van der Waals surface area contributed by atoms with Crippen LogP contribution >= 0.6 is 23.2 Å². The molecule has 0 bridgehead atoms. The summed E-state index contributed by atoms with van der Waals surface area (Å²) in [7, 11) is 0. The molecule has 1 amide bonds. The van der Waals surface area contributed by atoms with E-state index in [1.165, 1.54) is 18.2 Å². The van der Waals surface area contributed by atoms with Gasteiger partial charge in [0.2, 0.25) is 0 Å². The monoisotopic (exact) mass is 349 g/mol. The third kappa shape index (κ3) is 4.58. The van der Waals surface area contributed by atoms with E-state index in [1.807, 2.05) is 6.07 Å². The number of rotatable bonds is 4. The van der Waals surface area contributed by atoms with Crippen LogP contribution in [0.5, 0.6) is 0 Å². The van der Waals surface area contributed by atoms with Gasteiger partial charge >= 0.3 is 5.97 Å². The van der Waals surface area contributed by atoms with Crippen molar-refractivity contribution in [1.29, 1.82) is 0 Å². The van der Waals surface area contributed by atoms with Gasteiger partial charge in [-0.25, -0.2) is 4.79 Å². The Bertz CT molecular complexity index is 800. The fourth-order valence-electron chi connectivity index (χ4n) is 1.94. The summed E-state index contributed by atoms with van der Waals surface area (Å²) in [4.78, 5) is 23.4. The Morgan fingerprint density at radius 2 is 1.78 bits per heavy atom. The maximum Gasteiger partial charge on any atom is 0.337 e. The van der Waals surface area contributed by atoms with Crippen LogP contribution in [0.3, 0.4) is 0 Å². The maximum absolute atomic E-state index is 12.2. The van der Waals surface area contributed by atoms with Crippen molar-refractivity contribution in [2.45, 2.75) is 6.92 Å². The Hall–Kier alpha value is -2.30. The lowest BCUT2D eigenvalue weighted by atomic mass is 10.1. The number of halogens is 2. The first kappa shape index (κ1) is 17.1. The lowest BCUT2D eigenvalue weighted by Gasteiger charge is -2.09. The number of carbonyl (C=O) groups excluding carboxylic acids is 1. The fourth-order valence-corrected chi connectivity index (χ4v) is 2.31. The Morgan fingerprint density at radius 3 is 2.43 bits per heavy atom. The lowest BCUT2D eigenvalue weighted by molar-refractivity contribution is -0.112. The zero-order valence-electron chi connectivity index (χ0n) is 12.1. The molecule has 0 spiro atoms. The van der Waals surface area contributed by atoms with Crippen LogP contribution in [-0.2, 0) is 4.79 Å². The molecule has 0 radical (unpaired) electrons. The summed E-state index contributed by atoms with van der Waals surface area (Å²) >= 11 is 11.8. The molecule has 0 saturated heterocycles. The molecule has 2 aromatic carbocycles. The Balaban J connectivity index is 2.25. The molecule has 4 nitrogen and oxygen atoms in total. The summed E-state index contributed by atoms with van der Waals surface area (Å²) < 4.78 is 0. The molecule has 2 aromatic rings. The molecular formula is C17H13Cl2NO3. The van der Waals surface area contributed by atoms with Gasteiger partial charge < -0.3 is 10.4 Å². The molecule has 0 aliphatic heterocycles. The van der Waals surface area contributed by atoms with Crippen LogP contribution in [0.2, 0.25) is 10.0 Å². The summed E-state index contributed by atoms with van der Waals surface area (Å²) in [5, 5.41) is 12.6. The number of amides is 1. The molecular weight excluding hydrogens is 337 g/mol.